The molecule has 0 radical (unpaired) electrons. The number of hydrogen-bond acceptors (Lipinski definition) is 5. The lowest BCUT2D eigenvalue weighted by atomic mass is 9.80. The molecule has 24 heavy (non-hydrogen) atoms. The van der Waals surface area contributed by atoms with Crippen molar-refractivity contribution < 1.29 is 22.7 Å². The smallest absolute Gasteiger partial charge is 0.244 e. The van der Waals surface area contributed by atoms with Crippen LogP contribution in [0.25, 0.3) is 0 Å². The summed E-state index contributed by atoms with van der Waals surface area (Å²) in [7, 11) is -2.60. The number of sulfonamides is 1. The fourth-order valence-corrected chi connectivity index (χ4v) is 5.03. The number of carbonyl (C=O) groups is 1. The highest BCUT2D eigenvalue weighted by Crippen LogP contribution is 2.36. The Hall–Kier alpha value is -0.870. The largest absolute Gasteiger partial charge is 0.494 e. The van der Waals surface area contributed by atoms with E-state index in [1.807, 2.05) is 0 Å². The van der Waals surface area contributed by atoms with Gasteiger partial charge in [0.15, 0.2) is 5.75 Å². The monoisotopic (exact) mass is 440 g/mol. The van der Waals surface area contributed by atoms with Gasteiger partial charge in [-0.05, 0) is 40.9 Å². The maximum atomic E-state index is 12.7. The average molecular weight is 442 g/mol. The molecule has 2 rings (SSSR count). The van der Waals surface area contributed by atoms with Crippen LogP contribution < -0.4 is 15.2 Å². The number of ether oxygens (including phenoxy) is 2. The molecule has 0 spiro atoms. The van der Waals surface area contributed by atoms with Crippen molar-refractivity contribution in [2.45, 2.75) is 17.7 Å². The van der Waals surface area contributed by atoms with Crippen molar-refractivity contribution in [1.82, 2.24) is 4.72 Å². The first-order valence-electron chi connectivity index (χ1n) is 7.12. The van der Waals surface area contributed by atoms with E-state index in [0.29, 0.717) is 30.5 Å². The lowest BCUT2D eigenvalue weighted by Gasteiger charge is -2.34. The summed E-state index contributed by atoms with van der Waals surface area (Å²) in [5.74, 6) is -0.417. The summed E-state index contributed by atoms with van der Waals surface area (Å²) in [5, 5.41) is 0.235. The van der Waals surface area contributed by atoms with E-state index in [2.05, 4.69) is 20.7 Å². The first-order chi connectivity index (χ1) is 11.2. The van der Waals surface area contributed by atoms with Crippen LogP contribution in [0.15, 0.2) is 21.5 Å². The Morgan fingerprint density at radius 3 is 2.62 bits per heavy atom. The Morgan fingerprint density at radius 2 is 2.08 bits per heavy atom. The van der Waals surface area contributed by atoms with Crippen molar-refractivity contribution in [3.05, 3.63) is 21.6 Å². The molecule has 0 aromatic heterocycles. The highest BCUT2D eigenvalue weighted by molar-refractivity contribution is 9.10. The van der Waals surface area contributed by atoms with Crippen LogP contribution in [0.1, 0.15) is 12.8 Å². The first-order valence-corrected chi connectivity index (χ1v) is 9.78. The van der Waals surface area contributed by atoms with E-state index < -0.39 is 21.3 Å². The summed E-state index contributed by atoms with van der Waals surface area (Å²) >= 11 is 9.16. The minimum absolute atomic E-state index is 0.110. The van der Waals surface area contributed by atoms with Gasteiger partial charge in [0.1, 0.15) is 4.90 Å². The third-order valence-corrected chi connectivity index (χ3v) is 6.26. The zero-order valence-corrected chi connectivity index (χ0v) is 16.1. The SMILES string of the molecule is COc1c(Br)cc(Cl)cc1S(=O)(=O)NCC1(C(N)=O)CCOCC1. The molecule has 0 aliphatic carbocycles. The quantitative estimate of drug-likeness (QED) is 0.698. The van der Waals surface area contributed by atoms with Crippen LogP contribution in [0.4, 0.5) is 0 Å². The van der Waals surface area contributed by atoms with Crippen molar-refractivity contribution in [1.29, 1.82) is 0 Å². The van der Waals surface area contributed by atoms with Gasteiger partial charge >= 0.3 is 0 Å². The fraction of sp³-hybridized carbons (Fsp3) is 0.500. The fourth-order valence-electron chi connectivity index (χ4n) is 2.52. The Bertz CT molecular complexity index is 735. The highest BCUT2D eigenvalue weighted by atomic mass is 79.9. The van der Waals surface area contributed by atoms with Crippen LogP contribution in [0.5, 0.6) is 5.75 Å². The second-order valence-electron chi connectivity index (χ2n) is 5.50. The van der Waals surface area contributed by atoms with Gasteiger partial charge in [-0.2, -0.15) is 0 Å². The molecule has 134 valence electrons. The topological polar surface area (TPSA) is 108 Å². The molecule has 1 heterocycles. The summed E-state index contributed by atoms with van der Waals surface area (Å²) in [6.45, 7) is 0.606. The van der Waals surface area contributed by atoms with Gasteiger partial charge in [-0.15, -0.1) is 0 Å². The molecule has 0 atom stereocenters. The molecule has 1 fully saturated rings. The van der Waals surface area contributed by atoms with E-state index in [1.165, 1.54) is 19.2 Å². The number of primary amides is 1. The molecule has 3 N–H and O–H groups in total. The molecule has 1 aromatic carbocycles. The van der Waals surface area contributed by atoms with Crippen molar-refractivity contribution in [3.63, 3.8) is 0 Å². The molecule has 1 aliphatic rings. The van der Waals surface area contributed by atoms with Crippen LogP contribution in [0, 0.1) is 5.41 Å². The Morgan fingerprint density at radius 1 is 1.46 bits per heavy atom. The van der Waals surface area contributed by atoms with Crippen LogP contribution in [-0.4, -0.2) is 41.2 Å². The second-order valence-corrected chi connectivity index (χ2v) is 8.53. The van der Waals surface area contributed by atoms with Gasteiger partial charge in [0, 0.05) is 24.8 Å². The number of nitrogens with one attached hydrogen (secondary N) is 1. The number of carbonyl (C=O) groups excluding carboxylic acids is 1. The number of halogens is 2. The predicted octanol–water partition coefficient (Wildman–Crippen LogP) is 1.67. The Kier molecular flexibility index (Phi) is 6.14. The molecule has 0 saturated carbocycles. The Labute approximate surface area is 154 Å². The predicted molar refractivity (Wildman–Crippen MR) is 92.6 cm³/mol. The summed E-state index contributed by atoms with van der Waals surface area (Å²) in [4.78, 5) is 11.7. The average Bonchev–Trinajstić information content (AvgIpc) is 2.53. The van der Waals surface area contributed by atoms with Gasteiger partial charge in [0.2, 0.25) is 15.9 Å². The zero-order chi connectivity index (χ0) is 18.0. The minimum Gasteiger partial charge on any atom is -0.494 e. The van der Waals surface area contributed by atoms with Crippen molar-refractivity contribution in [3.8, 4) is 5.75 Å². The number of nitrogens with two attached hydrogens (primary N) is 1. The minimum atomic E-state index is -3.96. The van der Waals surface area contributed by atoms with Crippen molar-refractivity contribution >= 4 is 43.5 Å². The van der Waals surface area contributed by atoms with Crippen molar-refractivity contribution in [2.75, 3.05) is 26.9 Å². The lowest BCUT2D eigenvalue weighted by molar-refractivity contribution is -0.132. The van der Waals surface area contributed by atoms with E-state index in [1.54, 1.807) is 0 Å². The summed E-state index contributed by atoms with van der Waals surface area (Å²) in [6, 6.07) is 2.82. The van der Waals surface area contributed by atoms with E-state index in [0.717, 1.165) is 0 Å². The molecule has 1 aromatic rings. The molecule has 1 amide bonds. The standard InChI is InChI=1S/C14H18BrClN2O5S/c1-22-12-10(15)6-9(16)7-11(12)24(20,21)18-8-14(13(17)19)2-4-23-5-3-14/h6-7,18H,2-5,8H2,1H3,(H2,17,19). The highest BCUT2D eigenvalue weighted by Gasteiger charge is 2.39. The number of hydrogen-bond donors (Lipinski definition) is 2. The Balaban J connectivity index is 2.30. The molecule has 7 nitrogen and oxygen atoms in total. The van der Waals surface area contributed by atoms with Crippen molar-refractivity contribution in [2.24, 2.45) is 11.1 Å². The van der Waals surface area contributed by atoms with Gasteiger partial charge in [0.25, 0.3) is 0 Å². The maximum absolute atomic E-state index is 12.7. The number of benzene rings is 1. The summed E-state index contributed by atoms with van der Waals surface area (Å²) in [5.41, 5.74) is 4.53. The summed E-state index contributed by atoms with van der Waals surface area (Å²) in [6.07, 6.45) is 0.725. The summed E-state index contributed by atoms with van der Waals surface area (Å²) < 4.78 is 38.6. The molecule has 10 heteroatoms. The van der Waals surface area contributed by atoms with Gasteiger partial charge in [0.05, 0.1) is 17.0 Å². The molecule has 1 aliphatic heterocycles. The van der Waals surface area contributed by atoms with Crippen LogP contribution in [-0.2, 0) is 19.6 Å². The van der Waals surface area contributed by atoms with E-state index in [-0.39, 0.29) is 22.2 Å². The number of amides is 1. The van der Waals surface area contributed by atoms with Gasteiger partial charge in [-0.1, -0.05) is 11.6 Å². The van der Waals surface area contributed by atoms with Crippen LogP contribution in [0.2, 0.25) is 5.02 Å². The van der Waals surface area contributed by atoms with E-state index in [4.69, 9.17) is 26.8 Å². The third-order valence-electron chi connectivity index (χ3n) is 4.04. The van der Waals surface area contributed by atoms with E-state index >= 15 is 0 Å². The maximum Gasteiger partial charge on any atom is 0.244 e. The molecular weight excluding hydrogens is 424 g/mol. The first kappa shape index (κ1) is 19.5. The molecule has 1 saturated heterocycles. The number of rotatable bonds is 6. The van der Waals surface area contributed by atoms with Crippen LogP contribution in [0.3, 0.4) is 0 Å². The lowest BCUT2D eigenvalue weighted by Crippen LogP contribution is -2.49. The zero-order valence-electron chi connectivity index (χ0n) is 13.0. The molecule has 0 unspecified atom stereocenters. The van der Waals surface area contributed by atoms with Gasteiger partial charge in [-0.25, -0.2) is 13.1 Å². The van der Waals surface area contributed by atoms with Crippen LogP contribution >= 0.6 is 27.5 Å². The van der Waals surface area contributed by atoms with E-state index in [9.17, 15) is 13.2 Å². The molecular formula is C14H18BrClN2O5S. The second kappa shape index (κ2) is 7.57. The van der Waals surface area contributed by atoms with Gasteiger partial charge in [-0.3, -0.25) is 4.79 Å². The normalized spacial score (nSPS) is 17.5. The number of methoxy groups -OCH3 is 1. The molecule has 0 bridgehead atoms. The van der Waals surface area contributed by atoms with Gasteiger partial charge < -0.3 is 15.2 Å². The third kappa shape index (κ3) is 4.02.